The SMILES string of the molecule is CCc1ccc(OCCn2c(-c3cccs3)nc3ccccc32)cc1. The molecular formula is C21H20N2OS. The highest BCUT2D eigenvalue weighted by Crippen LogP contribution is 2.28. The third kappa shape index (κ3) is 3.30. The largest absolute Gasteiger partial charge is 0.492 e. The van der Waals surface area contributed by atoms with Crippen LogP contribution in [0.3, 0.4) is 0 Å². The Morgan fingerprint density at radius 3 is 2.60 bits per heavy atom. The molecule has 0 saturated carbocycles. The number of hydrogen-bond acceptors (Lipinski definition) is 3. The van der Waals surface area contributed by atoms with Crippen molar-refractivity contribution in [1.29, 1.82) is 0 Å². The van der Waals surface area contributed by atoms with Gasteiger partial charge in [0.1, 0.15) is 12.4 Å². The van der Waals surface area contributed by atoms with E-state index in [1.165, 1.54) is 10.4 Å². The maximum absolute atomic E-state index is 5.95. The fourth-order valence-corrected chi connectivity index (χ4v) is 3.69. The maximum atomic E-state index is 5.95. The normalized spacial score (nSPS) is 11.1. The van der Waals surface area contributed by atoms with Gasteiger partial charge in [-0.1, -0.05) is 37.3 Å². The number of para-hydroxylation sites is 2. The highest BCUT2D eigenvalue weighted by molar-refractivity contribution is 7.13. The van der Waals surface area contributed by atoms with E-state index in [1.54, 1.807) is 11.3 Å². The molecule has 4 aromatic rings. The number of ether oxygens (including phenoxy) is 1. The summed E-state index contributed by atoms with van der Waals surface area (Å²) in [6, 6.07) is 20.8. The minimum Gasteiger partial charge on any atom is -0.492 e. The molecule has 0 radical (unpaired) electrons. The lowest BCUT2D eigenvalue weighted by atomic mass is 10.2. The van der Waals surface area contributed by atoms with Crippen molar-refractivity contribution in [2.45, 2.75) is 19.9 Å². The quantitative estimate of drug-likeness (QED) is 0.466. The van der Waals surface area contributed by atoms with E-state index in [4.69, 9.17) is 9.72 Å². The van der Waals surface area contributed by atoms with Crippen molar-refractivity contribution in [3.8, 4) is 16.5 Å². The lowest BCUT2D eigenvalue weighted by Crippen LogP contribution is -2.09. The second kappa shape index (κ2) is 7.11. The zero-order valence-corrected chi connectivity index (χ0v) is 15.0. The van der Waals surface area contributed by atoms with Crippen LogP contribution >= 0.6 is 11.3 Å². The first-order valence-corrected chi connectivity index (χ1v) is 9.44. The molecule has 0 saturated heterocycles. The number of rotatable bonds is 6. The van der Waals surface area contributed by atoms with Crippen LogP contribution in [0.25, 0.3) is 21.7 Å². The molecule has 0 aliphatic carbocycles. The molecule has 126 valence electrons. The number of aryl methyl sites for hydroxylation is 1. The van der Waals surface area contributed by atoms with Crippen molar-refractivity contribution in [1.82, 2.24) is 9.55 Å². The van der Waals surface area contributed by atoms with Crippen LogP contribution in [0.4, 0.5) is 0 Å². The minimum absolute atomic E-state index is 0.615. The Morgan fingerprint density at radius 1 is 1.00 bits per heavy atom. The maximum Gasteiger partial charge on any atom is 0.151 e. The monoisotopic (exact) mass is 348 g/mol. The molecule has 3 nitrogen and oxygen atoms in total. The Balaban J connectivity index is 1.56. The topological polar surface area (TPSA) is 27.1 Å². The molecule has 4 rings (SSSR count). The Bertz CT molecular complexity index is 955. The molecule has 0 aliphatic rings. The lowest BCUT2D eigenvalue weighted by molar-refractivity contribution is 0.301. The van der Waals surface area contributed by atoms with Gasteiger partial charge in [-0.05, 0) is 47.7 Å². The van der Waals surface area contributed by atoms with Gasteiger partial charge < -0.3 is 9.30 Å². The summed E-state index contributed by atoms with van der Waals surface area (Å²) in [7, 11) is 0. The molecule has 0 atom stereocenters. The van der Waals surface area contributed by atoms with Crippen LogP contribution in [0, 0.1) is 0 Å². The van der Waals surface area contributed by atoms with Gasteiger partial charge in [-0.3, -0.25) is 0 Å². The molecule has 0 N–H and O–H groups in total. The Morgan fingerprint density at radius 2 is 1.84 bits per heavy atom. The third-order valence-corrected chi connectivity index (χ3v) is 5.18. The average Bonchev–Trinajstić information content (AvgIpc) is 3.30. The molecule has 25 heavy (non-hydrogen) atoms. The van der Waals surface area contributed by atoms with Crippen LogP contribution in [-0.4, -0.2) is 16.2 Å². The first-order chi connectivity index (χ1) is 12.3. The van der Waals surface area contributed by atoms with Gasteiger partial charge in [-0.25, -0.2) is 4.98 Å². The van der Waals surface area contributed by atoms with Gasteiger partial charge >= 0.3 is 0 Å². The van der Waals surface area contributed by atoms with Gasteiger partial charge in [0, 0.05) is 0 Å². The summed E-state index contributed by atoms with van der Waals surface area (Å²) >= 11 is 1.72. The third-order valence-electron chi connectivity index (χ3n) is 4.31. The number of nitrogens with zero attached hydrogens (tertiary/aromatic N) is 2. The predicted octanol–water partition coefficient (Wildman–Crippen LogP) is 5.41. The molecule has 2 heterocycles. The summed E-state index contributed by atoms with van der Waals surface area (Å²) in [5.74, 6) is 1.93. The summed E-state index contributed by atoms with van der Waals surface area (Å²) in [5.41, 5.74) is 3.50. The zero-order chi connectivity index (χ0) is 17.1. The van der Waals surface area contributed by atoms with Crippen molar-refractivity contribution < 1.29 is 4.74 Å². The number of benzene rings is 2. The standard InChI is InChI=1S/C21H20N2OS/c1-2-16-9-11-17(12-10-16)24-14-13-23-19-7-4-3-6-18(19)22-21(23)20-8-5-15-25-20/h3-12,15H,2,13-14H2,1H3. The van der Waals surface area contributed by atoms with Crippen molar-refractivity contribution >= 4 is 22.4 Å². The van der Waals surface area contributed by atoms with E-state index in [2.05, 4.69) is 59.3 Å². The van der Waals surface area contributed by atoms with Gasteiger partial charge in [0.05, 0.1) is 22.5 Å². The van der Waals surface area contributed by atoms with Crippen LogP contribution in [0.15, 0.2) is 66.0 Å². The number of hydrogen-bond donors (Lipinski definition) is 0. The van der Waals surface area contributed by atoms with Crippen LogP contribution in [0.1, 0.15) is 12.5 Å². The molecule has 0 amide bonds. The summed E-state index contributed by atoms with van der Waals surface area (Å²) in [4.78, 5) is 6.01. The molecule has 0 aliphatic heterocycles. The van der Waals surface area contributed by atoms with Crippen molar-refractivity contribution in [2.75, 3.05) is 6.61 Å². The Kier molecular flexibility index (Phi) is 4.53. The van der Waals surface area contributed by atoms with E-state index in [0.29, 0.717) is 6.61 Å². The van der Waals surface area contributed by atoms with Gasteiger partial charge in [-0.15, -0.1) is 11.3 Å². The highest BCUT2D eigenvalue weighted by Gasteiger charge is 2.13. The molecule has 4 heteroatoms. The van der Waals surface area contributed by atoms with Crippen molar-refractivity contribution in [3.63, 3.8) is 0 Å². The number of fused-ring (bicyclic) bond motifs is 1. The molecular weight excluding hydrogens is 328 g/mol. The van der Waals surface area contributed by atoms with E-state index in [9.17, 15) is 0 Å². The number of thiophene rings is 1. The van der Waals surface area contributed by atoms with E-state index < -0.39 is 0 Å². The molecule has 2 aromatic heterocycles. The summed E-state index contributed by atoms with van der Waals surface area (Å²) in [6.07, 6.45) is 1.05. The van der Waals surface area contributed by atoms with E-state index in [-0.39, 0.29) is 0 Å². The second-order valence-electron chi connectivity index (χ2n) is 5.90. The van der Waals surface area contributed by atoms with Crippen LogP contribution < -0.4 is 4.74 Å². The van der Waals surface area contributed by atoms with E-state index >= 15 is 0 Å². The van der Waals surface area contributed by atoms with Crippen molar-refractivity contribution in [2.24, 2.45) is 0 Å². The fraction of sp³-hybridized carbons (Fsp3) is 0.190. The van der Waals surface area contributed by atoms with Crippen LogP contribution in [-0.2, 0) is 13.0 Å². The van der Waals surface area contributed by atoms with Crippen LogP contribution in [0.2, 0.25) is 0 Å². The fourth-order valence-electron chi connectivity index (χ4n) is 2.97. The van der Waals surface area contributed by atoms with Gasteiger partial charge in [-0.2, -0.15) is 0 Å². The van der Waals surface area contributed by atoms with Gasteiger partial charge in [0.2, 0.25) is 0 Å². The van der Waals surface area contributed by atoms with Gasteiger partial charge in [0.25, 0.3) is 0 Å². The molecule has 0 spiro atoms. The second-order valence-corrected chi connectivity index (χ2v) is 6.85. The number of aromatic nitrogens is 2. The minimum atomic E-state index is 0.615. The van der Waals surface area contributed by atoms with Gasteiger partial charge in [0.15, 0.2) is 5.82 Å². The number of imidazole rings is 1. The van der Waals surface area contributed by atoms with Crippen LogP contribution in [0.5, 0.6) is 5.75 Å². The molecule has 0 unspecified atom stereocenters. The van der Waals surface area contributed by atoms with Crippen molar-refractivity contribution in [3.05, 3.63) is 71.6 Å². The first-order valence-electron chi connectivity index (χ1n) is 8.56. The molecule has 0 fully saturated rings. The zero-order valence-electron chi connectivity index (χ0n) is 14.2. The Labute approximate surface area is 151 Å². The molecule has 0 bridgehead atoms. The highest BCUT2D eigenvalue weighted by atomic mass is 32.1. The summed E-state index contributed by atoms with van der Waals surface area (Å²) in [6.45, 7) is 3.54. The predicted molar refractivity (Wildman–Crippen MR) is 104 cm³/mol. The lowest BCUT2D eigenvalue weighted by Gasteiger charge is -2.10. The first kappa shape index (κ1) is 15.9. The van der Waals surface area contributed by atoms with E-state index in [1.807, 2.05) is 18.2 Å². The smallest absolute Gasteiger partial charge is 0.151 e. The summed E-state index contributed by atoms with van der Waals surface area (Å²) < 4.78 is 8.21. The van der Waals surface area contributed by atoms with E-state index in [0.717, 1.165) is 35.6 Å². The average molecular weight is 348 g/mol. The summed E-state index contributed by atoms with van der Waals surface area (Å²) in [5, 5.41) is 2.09. The Hall–Kier alpha value is -2.59. The molecule has 2 aromatic carbocycles.